The highest BCUT2D eigenvalue weighted by Crippen LogP contribution is 2.50. The lowest BCUT2D eigenvalue weighted by molar-refractivity contribution is -0.129. The topological polar surface area (TPSA) is 12.0 Å². The van der Waals surface area contributed by atoms with Crippen LogP contribution in [0.1, 0.15) is 26.2 Å². The van der Waals surface area contributed by atoms with E-state index in [0.717, 1.165) is 13.0 Å². The Hall–Kier alpha value is -0.180. The number of nitrogens with one attached hydrogen (secondary N) is 1. The molecule has 3 heteroatoms. The van der Waals surface area contributed by atoms with Crippen LogP contribution in [0.15, 0.2) is 0 Å². The molecular weight excluding hydrogens is 148 g/mol. The van der Waals surface area contributed by atoms with Gasteiger partial charge >= 0.3 is 0 Å². The molecule has 2 fully saturated rings. The van der Waals surface area contributed by atoms with Crippen LogP contribution in [0.5, 0.6) is 0 Å². The van der Waals surface area contributed by atoms with Gasteiger partial charge in [-0.25, -0.2) is 8.78 Å². The van der Waals surface area contributed by atoms with Crippen LogP contribution >= 0.6 is 0 Å². The van der Waals surface area contributed by atoms with Crippen molar-refractivity contribution >= 4 is 0 Å². The minimum absolute atomic E-state index is 0.0599. The lowest BCUT2D eigenvalue weighted by Crippen LogP contribution is -2.57. The van der Waals surface area contributed by atoms with E-state index in [2.05, 4.69) is 12.2 Å². The van der Waals surface area contributed by atoms with Crippen molar-refractivity contribution in [2.24, 2.45) is 5.92 Å². The number of rotatable bonds is 0. The molecule has 1 unspecified atom stereocenters. The van der Waals surface area contributed by atoms with E-state index in [1.54, 1.807) is 0 Å². The van der Waals surface area contributed by atoms with Crippen LogP contribution in [0.25, 0.3) is 0 Å². The molecule has 0 aromatic carbocycles. The third-order valence-electron chi connectivity index (χ3n) is 2.76. The van der Waals surface area contributed by atoms with Crippen molar-refractivity contribution in [2.75, 3.05) is 6.54 Å². The summed E-state index contributed by atoms with van der Waals surface area (Å²) in [6.07, 6.45) is 1.05. The fraction of sp³-hybridized carbons (Fsp3) is 1.00. The molecule has 2 rings (SSSR count). The Labute approximate surface area is 65.2 Å². The van der Waals surface area contributed by atoms with Crippen LogP contribution in [0.3, 0.4) is 0 Å². The molecule has 1 aliphatic heterocycles. The minimum Gasteiger partial charge on any atom is -0.311 e. The van der Waals surface area contributed by atoms with Gasteiger partial charge in [-0.05, 0) is 18.9 Å². The van der Waals surface area contributed by atoms with E-state index >= 15 is 0 Å². The summed E-state index contributed by atoms with van der Waals surface area (Å²) in [5.41, 5.74) is -0.178. The zero-order valence-electron chi connectivity index (χ0n) is 6.66. The second-order valence-corrected chi connectivity index (χ2v) is 4.18. The first-order chi connectivity index (χ1) is 5.02. The first-order valence-electron chi connectivity index (χ1n) is 4.14. The number of alkyl halides is 2. The molecule has 0 amide bonds. The zero-order valence-corrected chi connectivity index (χ0v) is 6.66. The normalized spacial score (nSPS) is 39.0. The molecule has 1 spiro atoms. The van der Waals surface area contributed by atoms with Gasteiger partial charge in [0, 0.05) is 18.4 Å². The van der Waals surface area contributed by atoms with Crippen molar-refractivity contribution in [2.45, 2.75) is 37.6 Å². The van der Waals surface area contributed by atoms with Gasteiger partial charge in [0.05, 0.1) is 0 Å². The van der Waals surface area contributed by atoms with Gasteiger partial charge in [0.2, 0.25) is 0 Å². The Bertz CT molecular complexity index is 171. The average molecular weight is 161 g/mol. The van der Waals surface area contributed by atoms with Crippen LogP contribution < -0.4 is 5.32 Å². The summed E-state index contributed by atoms with van der Waals surface area (Å²) >= 11 is 0. The molecule has 1 saturated carbocycles. The van der Waals surface area contributed by atoms with Gasteiger partial charge in [-0.3, -0.25) is 0 Å². The molecule has 0 aromatic heterocycles. The number of halogens is 2. The van der Waals surface area contributed by atoms with Crippen molar-refractivity contribution in [3.63, 3.8) is 0 Å². The molecule has 0 bridgehead atoms. The Kier molecular flexibility index (Phi) is 1.32. The summed E-state index contributed by atoms with van der Waals surface area (Å²) in [5, 5.41) is 3.19. The van der Waals surface area contributed by atoms with Crippen molar-refractivity contribution < 1.29 is 8.78 Å². The predicted octanol–water partition coefficient (Wildman–Crippen LogP) is 1.78. The molecule has 1 atom stereocenters. The van der Waals surface area contributed by atoms with Crippen LogP contribution in [0.2, 0.25) is 0 Å². The van der Waals surface area contributed by atoms with Crippen LogP contribution in [-0.4, -0.2) is 18.0 Å². The zero-order chi connectivity index (χ0) is 8.11. The van der Waals surface area contributed by atoms with Gasteiger partial charge in [0.15, 0.2) is 0 Å². The van der Waals surface area contributed by atoms with Gasteiger partial charge in [0.25, 0.3) is 5.92 Å². The highest BCUT2D eigenvalue weighted by molar-refractivity contribution is 5.09. The van der Waals surface area contributed by atoms with E-state index in [4.69, 9.17) is 0 Å². The highest BCUT2D eigenvalue weighted by Gasteiger charge is 2.58. The lowest BCUT2D eigenvalue weighted by atomic mass is 9.71. The van der Waals surface area contributed by atoms with E-state index in [1.807, 2.05) is 0 Å². The molecule has 0 aromatic rings. The van der Waals surface area contributed by atoms with Gasteiger partial charge in [0.1, 0.15) is 0 Å². The Morgan fingerprint density at radius 1 is 1.36 bits per heavy atom. The quantitative estimate of drug-likeness (QED) is 0.571. The maximum atomic E-state index is 12.5. The van der Waals surface area contributed by atoms with E-state index in [9.17, 15) is 8.78 Å². The Morgan fingerprint density at radius 2 is 2.00 bits per heavy atom. The minimum atomic E-state index is -2.38. The smallest absolute Gasteiger partial charge is 0.251 e. The van der Waals surface area contributed by atoms with E-state index < -0.39 is 5.92 Å². The van der Waals surface area contributed by atoms with Crippen molar-refractivity contribution in [1.29, 1.82) is 0 Å². The highest BCUT2D eigenvalue weighted by atomic mass is 19.3. The molecule has 11 heavy (non-hydrogen) atoms. The third-order valence-corrected chi connectivity index (χ3v) is 2.76. The molecule has 1 aliphatic carbocycles. The SMILES string of the molecule is CC1CNC2(C1)CC(F)(F)C2. The number of hydrogen-bond donors (Lipinski definition) is 1. The molecule has 1 heterocycles. The molecule has 1 saturated heterocycles. The lowest BCUT2D eigenvalue weighted by Gasteiger charge is -2.45. The fourth-order valence-corrected chi connectivity index (χ4v) is 2.41. The van der Waals surface area contributed by atoms with Crippen LogP contribution in [0.4, 0.5) is 8.78 Å². The first-order valence-corrected chi connectivity index (χ1v) is 4.14. The maximum Gasteiger partial charge on any atom is 0.251 e. The van der Waals surface area contributed by atoms with E-state index in [-0.39, 0.29) is 18.4 Å². The summed E-state index contributed by atoms with van der Waals surface area (Å²) in [5.74, 6) is -1.80. The van der Waals surface area contributed by atoms with Crippen LogP contribution in [0, 0.1) is 5.92 Å². The van der Waals surface area contributed by atoms with Crippen molar-refractivity contribution in [3.05, 3.63) is 0 Å². The molecule has 1 N–H and O–H groups in total. The average Bonchev–Trinajstić information content (AvgIpc) is 2.08. The van der Waals surface area contributed by atoms with Crippen LogP contribution in [-0.2, 0) is 0 Å². The molecule has 1 nitrogen and oxygen atoms in total. The van der Waals surface area contributed by atoms with E-state index in [1.165, 1.54) is 0 Å². The monoisotopic (exact) mass is 161 g/mol. The van der Waals surface area contributed by atoms with Gasteiger partial charge in [-0.15, -0.1) is 0 Å². The number of hydrogen-bond acceptors (Lipinski definition) is 1. The molecular formula is C8H13F2N. The van der Waals surface area contributed by atoms with Gasteiger partial charge < -0.3 is 5.32 Å². The summed E-state index contributed by atoms with van der Waals surface area (Å²) in [7, 11) is 0. The predicted molar refractivity (Wildman–Crippen MR) is 38.7 cm³/mol. The fourth-order valence-electron chi connectivity index (χ4n) is 2.41. The third kappa shape index (κ3) is 1.15. The summed E-state index contributed by atoms with van der Waals surface area (Å²) < 4.78 is 25.0. The standard InChI is InChI=1S/C8H13F2N/c1-6-2-7(11-3-6)4-8(9,10)5-7/h6,11H,2-5H2,1H3. The largest absolute Gasteiger partial charge is 0.311 e. The van der Waals surface area contributed by atoms with Crippen molar-refractivity contribution in [1.82, 2.24) is 5.32 Å². The second-order valence-electron chi connectivity index (χ2n) is 4.18. The molecule has 0 radical (unpaired) electrons. The maximum absolute atomic E-state index is 12.5. The van der Waals surface area contributed by atoms with Gasteiger partial charge in [-0.2, -0.15) is 0 Å². The van der Waals surface area contributed by atoms with E-state index in [0.29, 0.717) is 5.92 Å². The summed E-state index contributed by atoms with van der Waals surface area (Å²) in [6, 6.07) is 0. The summed E-state index contributed by atoms with van der Waals surface area (Å²) in [4.78, 5) is 0. The Balaban J connectivity index is 1.97. The second kappa shape index (κ2) is 1.94. The summed E-state index contributed by atoms with van der Waals surface area (Å²) in [6.45, 7) is 3.02. The first kappa shape index (κ1) is 7.47. The molecule has 2 aliphatic rings. The van der Waals surface area contributed by atoms with Crippen molar-refractivity contribution in [3.8, 4) is 0 Å². The Morgan fingerprint density at radius 3 is 2.36 bits per heavy atom. The molecule has 64 valence electrons. The van der Waals surface area contributed by atoms with Gasteiger partial charge in [-0.1, -0.05) is 6.92 Å².